The largest absolute Gasteiger partial charge is 0.327 e. The van der Waals surface area contributed by atoms with Crippen molar-refractivity contribution < 1.29 is 0 Å². The third kappa shape index (κ3) is 0.556. The topological polar surface area (TPSA) is 26.0 Å². The Labute approximate surface area is 43.9 Å². The monoisotopic (exact) mass is 97.1 g/mol. The minimum Gasteiger partial charge on any atom is -0.327 e. The molecule has 0 heterocycles. The van der Waals surface area contributed by atoms with Gasteiger partial charge in [0.05, 0.1) is 0 Å². The summed E-state index contributed by atoms with van der Waals surface area (Å²) in [5.74, 6) is 2.02. The maximum absolute atomic E-state index is 5.61. The first-order valence-electron chi connectivity index (χ1n) is 3.13. The molecular formula is C6H11N. The molecule has 0 aromatic carbocycles. The van der Waals surface area contributed by atoms with Gasteiger partial charge in [-0.15, -0.1) is 0 Å². The zero-order valence-corrected chi connectivity index (χ0v) is 4.43. The lowest BCUT2D eigenvalue weighted by atomic mass is 10.3. The normalized spacial score (nSPS) is 49.3. The van der Waals surface area contributed by atoms with Crippen LogP contribution in [0.2, 0.25) is 0 Å². The molecule has 0 saturated heterocycles. The zero-order valence-electron chi connectivity index (χ0n) is 4.43. The highest BCUT2D eigenvalue weighted by atomic mass is 14.8. The quantitative estimate of drug-likeness (QED) is 0.513. The van der Waals surface area contributed by atoms with E-state index in [1.165, 1.54) is 19.3 Å². The van der Waals surface area contributed by atoms with Crippen molar-refractivity contribution in [3.63, 3.8) is 0 Å². The fraction of sp³-hybridized carbons (Fsp3) is 1.00. The third-order valence-corrected chi connectivity index (χ3v) is 2.12. The molecular weight excluding hydrogens is 86.1 g/mol. The van der Waals surface area contributed by atoms with Crippen molar-refractivity contribution in [2.45, 2.75) is 25.3 Å². The first-order chi connectivity index (χ1) is 3.38. The fourth-order valence-corrected chi connectivity index (χ4v) is 1.30. The van der Waals surface area contributed by atoms with Crippen molar-refractivity contribution in [1.29, 1.82) is 0 Å². The minimum absolute atomic E-state index is 0.604. The highest BCUT2D eigenvalue weighted by molar-refractivity contribution is 4.99. The van der Waals surface area contributed by atoms with E-state index in [0.717, 1.165) is 11.8 Å². The van der Waals surface area contributed by atoms with E-state index in [0.29, 0.717) is 6.04 Å². The van der Waals surface area contributed by atoms with Gasteiger partial charge >= 0.3 is 0 Å². The molecule has 0 aliphatic heterocycles. The van der Waals surface area contributed by atoms with Crippen LogP contribution in [0.15, 0.2) is 0 Å². The smallest absolute Gasteiger partial charge is 0.00737 e. The maximum atomic E-state index is 5.61. The van der Waals surface area contributed by atoms with E-state index in [2.05, 4.69) is 0 Å². The Morgan fingerprint density at radius 1 is 1.29 bits per heavy atom. The maximum Gasteiger partial charge on any atom is 0.00737 e. The Morgan fingerprint density at radius 2 is 1.86 bits per heavy atom. The first-order valence-corrected chi connectivity index (χ1v) is 3.13. The van der Waals surface area contributed by atoms with Gasteiger partial charge in [0.2, 0.25) is 0 Å². The van der Waals surface area contributed by atoms with Crippen molar-refractivity contribution in [2.24, 2.45) is 17.6 Å². The number of nitrogens with two attached hydrogens (primary N) is 1. The van der Waals surface area contributed by atoms with E-state index in [1.54, 1.807) is 0 Å². The second-order valence-corrected chi connectivity index (χ2v) is 2.90. The molecule has 2 aliphatic carbocycles. The molecule has 0 bridgehead atoms. The van der Waals surface area contributed by atoms with Crippen LogP contribution in [0.5, 0.6) is 0 Å². The van der Waals surface area contributed by atoms with Crippen LogP contribution in [0.25, 0.3) is 0 Å². The van der Waals surface area contributed by atoms with Crippen molar-refractivity contribution >= 4 is 0 Å². The Hall–Kier alpha value is -0.0400. The van der Waals surface area contributed by atoms with Crippen LogP contribution in [0.1, 0.15) is 19.3 Å². The summed E-state index contributed by atoms with van der Waals surface area (Å²) in [5, 5.41) is 0. The molecule has 2 aliphatic rings. The van der Waals surface area contributed by atoms with E-state index >= 15 is 0 Å². The Morgan fingerprint density at radius 3 is 2.00 bits per heavy atom. The van der Waals surface area contributed by atoms with Crippen LogP contribution in [0, 0.1) is 11.8 Å². The van der Waals surface area contributed by atoms with E-state index in [4.69, 9.17) is 5.73 Å². The lowest BCUT2D eigenvalue weighted by molar-refractivity contribution is 0.686. The van der Waals surface area contributed by atoms with Crippen LogP contribution in [-0.4, -0.2) is 6.04 Å². The van der Waals surface area contributed by atoms with Gasteiger partial charge in [0.15, 0.2) is 0 Å². The summed E-state index contributed by atoms with van der Waals surface area (Å²) in [6, 6.07) is 0.604. The number of rotatable bonds is 1. The molecule has 40 valence electrons. The molecule has 2 unspecified atom stereocenters. The van der Waals surface area contributed by atoms with Crippen LogP contribution >= 0.6 is 0 Å². The Kier molecular flexibility index (Phi) is 0.571. The first kappa shape index (κ1) is 3.90. The molecule has 1 nitrogen and oxygen atoms in total. The molecule has 0 aromatic rings. The van der Waals surface area contributed by atoms with Gasteiger partial charge in [-0.1, -0.05) is 0 Å². The third-order valence-electron chi connectivity index (χ3n) is 2.12. The number of hydrogen-bond acceptors (Lipinski definition) is 1. The summed E-state index contributed by atoms with van der Waals surface area (Å²) in [7, 11) is 0. The summed E-state index contributed by atoms with van der Waals surface area (Å²) in [4.78, 5) is 0. The molecule has 7 heavy (non-hydrogen) atoms. The summed E-state index contributed by atoms with van der Waals surface area (Å²) in [6.45, 7) is 0. The van der Waals surface area contributed by atoms with Gasteiger partial charge in [-0.2, -0.15) is 0 Å². The number of hydrogen-bond donors (Lipinski definition) is 1. The fourth-order valence-electron chi connectivity index (χ4n) is 1.30. The molecule has 0 aromatic heterocycles. The molecule has 2 atom stereocenters. The lowest BCUT2D eigenvalue weighted by Crippen LogP contribution is -2.02. The Balaban J connectivity index is 1.88. The predicted octanol–water partition coefficient (Wildman–Crippen LogP) is 0.744. The highest BCUT2D eigenvalue weighted by Gasteiger charge is 2.44. The average Bonchev–Trinajstić information content (AvgIpc) is 2.23. The average molecular weight is 97.2 g/mol. The molecule has 2 saturated carbocycles. The molecule has 0 radical (unpaired) electrons. The SMILES string of the molecule is NC1CC1C1CC1. The van der Waals surface area contributed by atoms with E-state index < -0.39 is 0 Å². The van der Waals surface area contributed by atoms with Gasteiger partial charge in [0.25, 0.3) is 0 Å². The van der Waals surface area contributed by atoms with E-state index in [-0.39, 0.29) is 0 Å². The molecule has 0 spiro atoms. The van der Waals surface area contributed by atoms with Gasteiger partial charge < -0.3 is 5.73 Å². The van der Waals surface area contributed by atoms with Crippen molar-refractivity contribution in [3.05, 3.63) is 0 Å². The van der Waals surface area contributed by atoms with Crippen LogP contribution < -0.4 is 5.73 Å². The van der Waals surface area contributed by atoms with Gasteiger partial charge in [0, 0.05) is 6.04 Å². The molecule has 1 heteroatoms. The van der Waals surface area contributed by atoms with Crippen LogP contribution in [0.4, 0.5) is 0 Å². The van der Waals surface area contributed by atoms with Crippen LogP contribution in [-0.2, 0) is 0 Å². The predicted molar refractivity (Wildman–Crippen MR) is 28.8 cm³/mol. The molecule has 2 N–H and O–H groups in total. The van der Waals surface area contributed by atoms with Crippen molar-refractivity contribution in [1.82, 2.24) is 0 Å². The van der Waals surface area contributed by atoms with Gasteiger partial charge in [0.1, 0.15) is 0 Å². The lowest BCUT2D eigenvalue weighted by Gasteiger charge is -1.83. The summed E-state index contributed by atoms with van der Waals surface area (Å²) in [6.07, 6.45) is 4.27. The van der Waals surface area contributed by atoms with Crippen LogP contribution in [0.3, 0.4) is 0 Å². The van der Waals surface area contributed by atoms with Gasteiger partial charge in [-0.05, 0) is 31.1 Å². The van der Waals surface area contributed by atoms with Crippen molar-refractivity contribution in [2.75, 3.05) is 0 Å². The second kappa shape index (κ2) is 1.03. The van der Waals surface area contributed by atoms with E-state index in [1.807, 2.05) is 0 Å². The highest BCUT2D eigenvalue weighted by Crippen LogP contribution is 2.48. The second-order valence-electron chi connectivity index (χ2n) is 2.90. The van der Waals surface area contributed by atoms with Gasteiger partial charge in [-0.25, -0.2) is 0 Å². The Bertz CT molecular complexity index is 86.2. The van der Waals surface area contributed by atoms with Gasteiger partial charge in [-0.3, -0.25) is 0 Å². The summed E-state index contributed by atoms with van der Waals surface area (Å²) >= 11 is 0. The van der Waals surface area contributed by atoms with E-state index in [9.17, 15) is 0 Å². The summed E-state index contributed by atoms with van der Waals surface area (Å²) in [5.41, 5.74) is 5.61. The minimum atomic E-state index is 0.604. The molecule has 2 fully saturated rings. The zero-order chi connectivity index (χ0) is 4.85. The van der Waals surface area contributed by atoms with Crippen molar-refractivity contribution in [3.8, 4) is 0 Å². The molecule has 2 rings (SSSR count). The molecule has 0 amide bonds. The summed E-state index contributed by atoms with van der Waals surface area (Å²) < 4.78 is 0. The standard InChI is InChI=1S/C6H11N/c7-6-3-5(6)4-1-2-4/h4-6H,1-3,7H2.